The molecule has 118 valence electrons. The lowest BCUT2D eigenvalue weighted by Crippen LogP contribution is -2.29. The van der Waals surface area contributed by atoms with Gasteiger partial charge in [0.1, 0.15) is 0 Å². The molecule has 0 spiro atoms. The lowest BCUT2D eigenvalue weighted by molar-refractivity contribution is 0.428. The monoisotopic (exact) mass is 328 g/mol. The number of aromatic nitrogens is 3. The van der Waals surface area contributed by atoms with Gasteiger partial charge >= 0.3 is 0 Å². The van der Waals surface area contributed by atoms with Crippen molar-refractivity contribution in [1.82, 2.24) is 19.3 Å². The minimum Gasteiger partial charge on any atom is -0.248 e. The Bertz CT molecular complexity index is 932. The zero-order valence-electron chi connectivity index (χ0n) is 12.4. The first kappa shape index (κ1) is 14.3. The fraction of sp³-hybridized carbons (Fsp3) is 0.250. The Balaban J connectivity index is 1.70. The summed E-state index contributed by atoms with van der Waals surface area (Å²) in [4.78, 5) is 0.370. The highest BCUT2D eigenvalue weighted by atomic mass is 32.2. The Labute approximate surface area is 134 Å². The molecule has 3 aromatic rings. The van der Waals surface area contributed by atoms with Crippen molar-refractivity contribution in [2.24, 2.45) is 0 Å². The number of benzene rings is 2. The van der Waals surface area contributed by atoms with Gasteiger partial charge in [-0.25, -0.2) is 13.1 Å². The van der Waals surface area contributed by atoms with Gasteiger partial charge in [-0.3, -0.25) is 0 Å². The van der Waals surface area contributed by atoms with Crippen LogP contribution in [0.15, 0.2) is 59.8 Å². The molecule has 0 amide bonds. The lowest BCUT2D eigenvalue weighted by atomic mass is 10.1. The van der Waals surface area contributed by atoms with E-state index in [0.29, 0.717) is 18.0 Å². The maximum Gasteiger partial charge on any atom is 0.243 e. The molecule has 2 aromatic carbocycles. The fourth-order valence-electron chi connectivity index (χ4n) is 3.12. The van der Waals surface area contributed by atoms with Crippen molar-refractivity contribution in [3.63, 3.8) is 0 Å². The molecule has 1 aromatic heterocycles. The van der Waals surface area contributed by atoms with Gasteiger partial charge < -0.3 is 0 Å². The molecule has 0 radical (unpaired) electrons. The molecule has 2 heterocycles. The van der Waals surface area contributed by atoms with Crippen molar-refractivity contribution in [2.75, 3.05) is 13.1 Å². The molecule has 1 fully saturated rings. The second-order valence-corrected chi connectivity index (χ2v) is 7.57. The minimum absolute atomic E-state index is 0.0438. The Morgan fingerprint density at radius 2 is 1.91 bits per heavy atom. The Kier molecular flexibility index (Phi) is 3.39. The predicted molar refractivity (Wildman–Crippen MR) is 86.4 cm³/mol. The van der Waals surface area contributed by atoms with Gasteiger partial charge in [0.25, 0.3) is 0 Å². The van der Waals surface area contributed by atoms with E-state index in [4.69, 9.17) is 0 Å². The molecule has 23 heavy (non-hydrogen) atoms. The van der Waals surface area contributed by atoms with Crippen LogP contribution in [-0.2, 0) is 10.0 Å². The number of hydrogen-bond donors (Lipinski definition) is 0. The van der Waals surface area contributed by atoms with Crippen molar-refractivity contribution < 1.29 is 8.42 Å². The number of rotatable bonds is 3. The zero-order chi connectivity index (χ0) is 15.9. The van der Waals surface area contributed by atoms with Gasteiger partial charge in [0.2, 0.25) is 10.0 Å². The molecule has 7 heteroatoms. The third kappa shape index (κ3) is 2.42. The van der Waals surface area contributed by atoms with Gasteiger partial charge in [-0.2, -0.15) is 4.31 Å². The molecule has 0 aliphatic carbocycles. The van der Waals surface area contributed by atoms with E-state index in [-0.39, 0.29) is 6.04 Å². The van der Waals surface area contributed by atoms with Crippen LogP contribution in [0.5, 0.6) is 0 Å². The van der Waals surface area contributed by atoms with Crippen molar-refractivity contribution in [3.8, 4) is 0 Å². The van der Waals surface area contributed by atoms with Crippen molar-refractivity contribution in [2.45, 2.75) is 17.4 Å². The number of nitrogens with zero attached hydrogens (tertiary/aromatic N) is 4. The van der Waals surface area contributed by atoms with Crippen LogP contribution in [0.4, 0.5) is 0 Å². The van der Waals surface area contributed by atoms with Crippen molar-refractivity contribution in [3.05, 3.63) is 54.9 Å². The summed E-state index contributed by atoms with van der Waals surface area (Å²) in [6.07, 6.45) is 4.13. The molecule has 1 atom stereocenters. The smallest absolute Gasteiger partial charge is 0.243 e. The van der Waals surface area contributed by atoms with Gasteiger partial charge in [-0.15, -0.1) is 5.10 Å². The summed E-state index contributed by atoms with van der Waals surface area (Å²) in [6.45, 7) is 0.922. The van der Waals surface area contributed by atoms with E-state index in [9.17, 15) is 8.42 Å². The van der Waals surface area contributed by atoms with Crippen LogP contribution in [0.3, 0.4) is 0 Å². The summed E-state index contributed by atoms with van der Waals surface area (Å²) in [6, 6.07) is 13.0. The number of sulfonamides is 1. The fourth-order valence-corrected chi connectivity index (χ4v) is 4.82. The maximum atomic E-state index is 13.0. The van der Waals surface area contributed by atoms with Crippen LogP contribution < -0.4 is 0 Å². The molecule has 0 saturated carbocycles. The van der Waals surface area contributed by atoms with Gasteiger partial charge in [0, 0.05) is 24.7 Å². The number of hydrogen-bond acceptors (Lipinski definition) is 4. The Morgan fingerprint density at radius 3 is 2.74 bits per heavy atom. The van der Waals surface area contributed by atoms with E-state index in [1.807, 2.05) is 30.3 Å². The first-order chi connectivity index (χ1) is 11.2. The standard InChI is InChI=1S/C16H16N4O2S/c21-23(22,16-7-3-5-13-4-1-2-6-15(13)16)19-10-8-14(12-19)20-11-9-17-18-20/h1-7,9,11,14H,8,10,12H2/t14-/m1/s1. The summed E-state index contributed by atoms with van der Waals surface area (Å²) in [5.41, 5.74) is 0. The molecule has 0 N–H and O–H groups in total. The second-order valence-electron chi connectivity index (χ2n) is 5.67. The van der Waals surface area contributed by atoms with E-state index in [1.54, 1.807) is 33.5 Å². The first-order valence-corrected chi connectivity index (χ1v) is 8.94. The molecular formula is C16H16N4O2S. The topological polar surface area (TPSA) is 68.1 Å². The Hall–Kier alpha value is -2.25. The van der Waals surface area contributed by atoms with Crippen LogP contribution in [0.2, 0.25) is 0 Å². The highest BCUT2D eigenvalue weighted by Gasteiger charge is 2.34. The zero-order valence-corrected chi connectivity index (χ0v) is 13.2. The van der Waals surface area contributed by atoms with Crippen LogP contribution in [-0.4, -0.2) is 40.8 Å². The van der Waals surface area contributed by atoms with Crippen molar-refractivity contribution in [1.29, 1.82) is 0 Å². The van der Waals surface area contributed by atoms with E-state index in [1.165, 1.54) is 0 Å². The molecule has 6 nitrogen and oxygen atoms in total. The number of fused-ring (bicyclic) bond motifs is 1. The summed E-state index contributed by atoms with van der Waals surface area (Å²) in [7, 11) is -3.52. The van der Waals surface area contributed by atoms with E-state index >= 15 is 0 Å². The first-order valence-electron chi connectivity index (χ1n) is 7.50. The quantitative estimate of drug-likeness (QED) is 0.738. The SMILES string of the molecule is O=S(=O)(c1cccc2ccccc12)N1CC[C@@H](n2ccnn2)C1. The van der Waals surface area contributed by atoms with Gasteiger partial charge in [-0.05, 0) is 17.9 Å². The summed E-state index contributed by atoms with van der Waals surface area (Å²) >= 11 is 0. The predicted octanol–water partition coefficient (Wildman–Crippen LogP) is 2.07. The molecule has 4 rings (SSSR count). The van der Waals surface area contributed by atoms with E-state index in [2.05, 4.69) is 10.3 Å². The molecule has 1 aliphatic rings. The highest BCUT2D eigenvalue weighted by molar-refractivity contribution is 7.89. The third-order valence-electron chi connectivity index (χ3n) is 4.31. The summed E-state index contributed by atoms with van der Waals surface area (Å²) in [5, 5.41) is 9.47. The van der Waals surface area contributed by atoms with Crippen LogP contribution >= 0.6 is 0 Å². The van der Waals surface area contributed by atoms with E-state index < -0.39 is 10.0 Å². The normalized spacial score (nSPS) is 19.4. The van der Waals surface area contributed by atoms with Crippen LogP contribution in [0.1, 0.15) is 12.5 Å². The molecular weight excluding hydrogens is 312 g/mol. The molecule has 0 unspecified atom stereocenters. The Morgan fingerprint density at radius 1 is 1.09 bits per heavy atom. The summed E-state index contributed by atoms with van der Waals surface area (Å²) in [5.74, 6) is 0. The highest BCUT2D eigenvalue weighted by Crippen LogP contribution is 2.30. The molecule has 1 aliphatic heterocycles. The van der Waals surface area contributed by atoms with E-state index in [0.717, 1.165) is 17.2 Å². The summed E-state index contributed by atoms with van der Waals surface area (Å²) < 4.78 is 29.4. The lowest BCUT2D eigenvalue weighted by Gasteiger charge is -2.18. The van der Waals surface area contributed by atoms with Gasteiger partial charge in [0.05, 0.1) is 17.1 Å². The molecule has 0 bridgehead atoms. The van der Waals surface area contributed by atoms with Gasteiger partial charge in [-0.1, -0.05) is 41.6 Å². The van der Waals surface area contributed by atoms with Crippen molar-refractivity contribution >= 4 is 20.8 Å². The third-order valence-corrected chi connectivity index (χ3v) is 6.23. The van der Waals surface area contributed by atoms with Gasteiger partial charge in [0.15, 0.2) is 0 Å². The average molecular weight is 328 g/mol. The van der Waals surface area contributed by atoms with Crippen LogP contribution in [0, 0.1) is 0 Å². The average Bonchev–Trinajstić information content (AvgIpc) is 3.25. The maximum absolute atomic E-state index is 13.0. The largest absolute Gasteiger partial charge is 0.248 e. The molecule has 1 saturated heterocycles. The second kappa shape index (κ2) is 5.43. The van der Waals surface area contributed by atoms with Crippen LogP contribution in [0.25, 0.3) is 10.8 Å². The minimum atomic E-state index is -3.52.